The number of likely N-dealkylation sites (tertiary alicyclic amines) is 1. The van der Waals surface area contributed by atoms with Crippen molar-refractivity contribution in [1.82, 2.24) is 9.47 Å². The highest BCUT2D eigenvalue weighted by Gasteiger charge is 2.31. The Labute approximate surface area is 130 Å². The summed E-state index contributed by atoms with van der Waals surface area (Å²) in [6, 6.07) is 7.92. The third kappa shape index (κ3) is 2.43. The zero-order valence-corrected chi connectivity index (χ0v) is 13.2. The molecule has 3 rings (SSSR count). The average molecular weight is 298 g/mol. The molecule has 1 saturated heterocycles. The van der Waals surface area contributed by atoms with Gasteiger partial charge in [0, 0.05) is 36.7 Å². The van der Waals surface area contributed by atoms with E-state index in [4.69, 9.17) is 0 Å². The molecule has 1 amide bonds. The fourth-order valence-electron chi connectivity index (χ4n) is 3.46. The van der Waals surface area contributed by atoms with Gasteiger partial charge in [0.2, 0.25) is 0 Å². The van der Waals surface area contributed by atoms with Crippen LogP contribution in [-0.2, 0) is 11.8 Å². The summed E-state index contributed by atoms with van der Waals surface area (Å²) in [5, 5.41) is 0.855. The van der Waals surface area contributed by atoms with Gasteiger partial charge in [-0.3, -0.25) is 9.59 Å². The first kappa shape index (κ1) is 14.8. The van der Waals surface area contributed by atoms with Gasteiger partial charge < -0.3 is 9.47 Å². The first-order chi connectivity index (χ1) is 10.6. The molecule has 1 aliphatic heterocycles. The van der Waals surface area contributed by atoms with Crippen LogP contribution in [0.25, 0.3) is 10.9 Å². The number of hydrogen-bond acceptors (Lipinski definition) is 2. The highest BCUT2D eigenvalue weighted by atomic mass is 16.2. The maximum absolute atomic E-state index is 12.7. The molecule has 1 aromatic carbocycles. The Kier molecular flexibility index (Phi) is 4.01. The molecule has 1 unspecified atom stereocenters. The highest BCUT2D eigenvalue weighted by Crippen LogP contribution is 2.24. The van der Waals surface area contributed by atoms with E-state index in [-0.39, 0.29) is 17.7 Å². The number of fused-ring (bicyclic) bond motifs is 1. The van der Waals surface area contributed by atoms with Crippen LogP contribution < -0.4 is 0 Å². The number of hydrogen-bond donors (Lipinski definition) is 0. The number of benzene rings is 1. The maximum atomic E-state index is 12.7. The van der Waals surface area contributed by atoms with Crippen LogP contribution in [0.4, 0.5) is 0 Å². The Balaban J connectivity index is 1.93. The van der Waals surface area contributed by atoms with Crippen LogP contribution in [0, 0.1) is 0 Å². The van der Waals surface area contributed by atoms with Crippen LogP contribution in [0.5, 0.6) is 0 Å². The zero-order valence-electron chi connectivity index (χ0n) is 13.2. The maximum Gasteiger partial charge on any atom is 0.295 e. The molecule has 0 N–H and O–H groups in total. The Morgan fingerprint density at radius 2 is 2.00 bits per heavy atom. The Hall–Kier alpha value is -2.10. The molecule has 1 fully saturated rings. The molecule has 2 aromatic rings. The third-order valence-corrected chi connectivity index (χ3v) is 4.70. The van der Waals surface area contributed by atoms with E-state index in [1.807, 2.05) is 35.9 Å². The highest BCUT2D eigenvalue weighted by molar-refractivity contribution is 6.45. The Morgan fingerprint density at radius 1 is 1.23 bits per heavy atom. The molecule has 22 heavy (non-hydrogen) atoms. The average Bonchev–Trinajstić information content (AvgIpc) is 2.91. The van der Waals surface area contributed by atoms with Crippen molar-refractivity contribution in [3.05, 3.63) is 36.0 Å². The molecule has 116 valence electrons. The third-order valence-electron chi connectivity index (χ3n) is 4.70. The number of Topliss-reactive ketones (excluding diaryl/α,β-unsaturated/α-hetero) is 1. The first-order valence-electron chi connectivity index (χ1n) is 8.02. The number of para-hydroxylation sites is 1. The van der Waals surface area contributed by atoms with Crippen LogP contribution >= 0.6 is 0 Å². The number of aryl methyl sites for hydroxylation is 1. The number of carbonyl (C=O) groups is 2. The zero-order chi connectivity index (χ0) is 15.7. The van der Waals surface area contributed by atoms with Crippen LogP contribution in [-0.4, -0.2) is 33.7 Å². The van der Waals surface area contributed by atoms with Crippen molar-refractivity contribution in [3.8, 4) is 0 Å². The van der Waals surface area contributed by atoms with E-state index in [1.54, 1.807) is 11.1 Å². The molecule has 0 spiro atoms. The molecular formula is C18H22N2O2. The lowest BCUT2D eigenvalue weighted by molar-refractivity contribution is -0.130. The quantitative estimate of drug-likeness (QED) is 0.645. The number of rotatable bonds is 3. The van der Waals surface area contributed by atoms with Crippen molar-refractivity contribution < 1.29 is 9.59 Å². The SMILES string of the molecule is CCC1CCCCN1C(=O)C(=O)c1cn(C)c2ccccc12. The van der Waals surface area contributed by atoms with E-state index < -0.39 is 0 Å². The summed E-state index contributed by atoms with van der Waals surface area (Å²) in [5.74, 6) is -0.722. The molecule has 0 bridgehead atoms. The molecular weight excluding hydrogens is 276 g/mol. The number of nitrogens with zero attached hydrogens (tertiary/aromatic N) is 2. The summed E-state index contributed by atoms with van der Waals surface area (Å²) in [7, 11) is 1.90. The molecule has 1 aromatic heterocycles. The predicted molar refractivity (Wildman–Crippen MR) is 86.9 cm³/mol. The van der Waals surface area contributed by atoms with Crippen molar-refractivity contribution in [2.75, 3.05) is 6.54 Å². The van der Waals surface area contributed by atoms with E-state index in [1.165, 1.54) is 0 Å². The van der Waals surface area contributed by atoms with Crippen molar-refractivity contribution in [3.63, 3.8) is 0 Å². The minimum atomic E-state index is -0.378. The lowest BCUT2D eigenvalue weighted by atomic mass is 9.98. The largest absolute Gasteiger partial charge is 0.350 e. The van der Waals surface area contributed by atoms with Crippen molar-refractivity contribution in [2.24, 2.45) is 7.05 Å². The number of aromatic nitrogens is 1. The van der Waals surface area contributed by atoms with E-state index in [0.717, 1.165) is 36.6 Å². The predicted octanol–water partition coefficient (Wildman–Crippen LogP) is 3.15. The van der Waals surface area contributed by atoms with Crippen molar-refractivity contribution in [2.45, 2.75) is 38.6 Å². The normalized spacial score (nSPS) is 18.6. The number of carbonyl (C=O) groups excluding carboxylic acids is 2. The van der Waals surface area contributed by atoms with E-state index >= 15 is 0 Å². The molecule has 1 aliphatic rings. The topological polar surface area (TPSA) is 42.3 Å². The summed E-state index contributed by atoms with van der Waals surface area (Å²) in [6.07, 6.45) is 5.82. The number of piperidine rings is 1. The standard InChI is InChI=1S/C18H22N2O2/c1-3-13-8-6-7-11-20(13)18(22)17(21)15-12-19(2)16-10-5-4-9-14(15)16/h4-5,9-10,12-13H,3,6-8,11H2,1-2H3. The summed E-state index contributed by atoms with van der Waals surface area (Å²) < 4.78 is 1.91. The Morgan fingerprint density at radius 3 is 2.77 bits per heavy atom. The second-order valence-electron chi connectivity index (χ2n) is 6.06. The summed E-state index contributed by atoms with van der Waals surface area (Å²) in [6.45, 7) is 2.78. The van der Waals surface area contributed by atoms with Gasteiger partial charge in [0.1, 0.15) is 0 Å². The summed E-state index contributed by atoms with van der Waals surface area (Å²) in [5.41, 5.74) is 1.49. The van der Waals surface area contributed by atoms with Gasteiger partial charge in [-0.25, -0.2) is 0 Å². The van der Waals surface area contributed by atoms with Crippen LogP contribution in [0.15, 0.2) is 30.5 Å². The molecule has 1 atom stereocenters. The minimum absolute atomic E-state index is 0.208. The van der Waals surface area contributed by atoms with Gasteiger partial charge in [-0.1, -0.05) is 25.1 Å². The van der Waals surface area contributed by atoms with E-state index in [0.29, 0.717) is 12.1 Å². The lowest BCUT2D eigenvalue weighted by Gasteiger charge is -2.34. The fraction of sp³-hybridized carbons (Fsp3) is 0.444. The molecule has 4 heteroatoms. The monoisotopic (exact) mass is 298 g/mol. The number of amides is 1. The van der Waals surface area contributed by atoms with Gasteiger partial charge in [0.05, 0.1) is 5.56 Å². The van der Waals surface area contributed by atoms with Gasteiger partial charge in [0.25, 0.3) is 11.7 Å². The molecule has 0 aliphatic carbocycles. The summed E-state index contributed by atoms with van der Waals surface area (Å²) in [4.78, 5) is 27.2. The van der Waals surface area contributed by atoms with Crippen molar-refractivity contribution >= 4 is 22.6 Å². The van der Waals surface area contributed by atoms with Crippen LogP contribution in [0.2, 0.25) is 0 Å². The minimum Gasteiger partial charge on any atom is -0.350 e. The molecule has 0 saturated carbocycles. The van der Waals surface area contributed by atoms with Gasteiger partial charge in [-0.05, 0) is 31.7 Å². The van der Waals surface area contributed by atoms with E-state index in [2.05, 4.69) is 6.92 Å². The smallest absolute Gasteiger partial charge is 0.295 e. The van der Waals surface area contributed by atoms with Crippen LogP contribution in [0.1, 0.15) is 43.0 Å². The van der Waals surface area contributed by atoms with Gasteiger partial charge in [-0.2, -0.15) is 0 Å². The first-order valence-corrected chi connectivity index (χ1v) is 8.02. The molecule has 0 radical (unpaired) electrons. The fourth-order valence-corrected chi connectivity index (χ4v) is 3.46. The lowest BCUT2D eigenvalue weighted by Crippen LogP contribution is -2.46. The Bertz CT molecular complexity index is 717. The second kappa shape index (κ2) is 5.95. The second-order valence-corrected chi connectivity index (χ2v) is 6.06. The van der Waals surface area contributed by atoms with Gasteiger partial charge in [0.15, 0.2) is 0 Å². The molecule has 2 heterocycles. The van der Waals surface area contributed by atoms with Gasteiger partial charge in [-0.15, -0.1) is 0 Å². The van der Waals surface area contributed by atoms with Crippen molar-refractivity contribution in [1.29, 1.82) is 0 Å². The summed E-state index contributed by atoms with van der Waals surface area (Å²) >= 11 is 0. The van der Waals surface area contributed by atoms with Crippen LogP contribution in [0.3, 0.4) is 0 Å². The number of ketones is 1. The van der Waals surface area contributed by atoms with Gasteiger partial charge >= 0.3 is 0 Å². The van der Waals surface area contributed by atoms with E-state index in [9.17, 15) is 9.59 Å². The molecule has 4 nitrogen and oxygen atoms in total.